The third-order valence-corrected chi connectivity index (χ3v) is 4.57. The molecule has 0 amide bonds. The van der Waals surface area contributed by atoms with Crippen molar-refractivity contribution >= 4 is 10.1 Å². The summed E-state index contributed by atoms with van der Waals surface area (Å²) in [7, 11) is -8.09. The van der Waals surface area contributed by atoms with E-state index in [1.807, 2.05) is 0 Å². The SMILES string of the molecule is O=S(=O)(O)C(F)(F)C(F)(F)C(F)(F)C(F)(F)C(F)(F)C(F)(F)C(F)(F)C(F)(F)C(F)(F)OC(F)(F)F. The van der Waals surface area contributed by atoms with Crippen molar-refractivity contribution in [2.24, 2.45) is 0 Å². The minimum atomic E-state index is -9.34. The Morgan fingerprint density at radius 1 is 0.417 bits per heavy atom. The Balaban J connectivity index is 7.11. The molecule has 0 heterocycles. The van der Waals surface area contributed by atoms with E-state index in [1.54, 1.807) is 0 Å². The molecule has 0 bridgehead atoms. The smallest absolute Gasteiger partial charge is 0.281 e. The van der Waals surface area contributed by atoms with E-state index in [0.717, 1.165) is 4.74 Å². The van der Waals surface area contributed by atoms with Crippen molar-refractivity contribution in [3.8, 4) is 0 Å². The van der Waals surface area contributed by atoms with Crippen molar-refractivity contribution in [3.63, 3.8) is 0 Å². The number of alkyl halides is 21. The molecular formula is C10HF21O4S. The monoisotopic (exact) mass is 616 g/mol. The zero-order chi connectivity index (χ0) is 30.2. The molecular weight excluding hydrogens is 615 g/mol. The average molecular weight is 616 g/mol. The van der Waals surface area contributed by atoms with Gasteiger partial charge in [0.15, 0.2) is 0 Å². The van der Waals surface area contributed by atoms with Gasteiger partial charge in [0.1, 0.15) is 0 Å². The molecule has 0 fully saturated rings. The molecule has 0 aliphatic rings. The van der Waals surface area contributed by atoms with Gasteiger partial charge < -0.3 is 0 Å². The Kier molecular flexibility index (Phi) is 7.83. The minimum Gasteiger partial charge on any atom is -0.281 e. The van der Waals surface area contributed by atoms with Gasteiger partial charge in [-0.2, -0.15) is 87.4 Å². The molecule has 0 aliphatic carbocycles. The van der Waals surface area contributed by atoms with Crippen LogP contribution in [0.4, 0.5) is 92.2 Å². The quantitative estimate of drug-likeness (QED) is 0.240. The van der Waals surface area contributed by atoms with Gasteiger partial charge in [-0.25, -0.2) is 4.74 Å². The van der Waals surface area contributed by atoms with Crippen LogP contribution in [0.5, 0.6) is 0 Å². The van der Waals surface area contributed by atoms with Crippen LogP contribution < -0.4 is 0 Å². The van der Waals surface area contributed by atoms with Gasteiger partial charge in [-0.15, -0.1) is 13.2 Å². The normalized spacial score (nSPS) is 16.9. The summed E-state index contributed by atoms with van der Waals surface area (Å²) in [6.45, 7) is 0. The summed E-state index contributed by atoms with van der Waals surface area (Å²) in [6.07, 6.45) is -15.4. The van der Waals surface area contributed by atoms with E-state index < -0.39 is 69.3 Å². The van der Waals surface area contributed by atoms with Crippen LogP contribution in [0, 0.1) is 0 Å². The van der Waals surface area contributed by atoms with Crippen LogP contribution in [0.3, 0.4) is 0 Å². The van der Waals surface area contributed by atoms with Crippen LogP contribution in [0.15, 0.2) is 0 Å². The van der Waals surface area contributed by atoms with E-state index >= 15 is 0 Å². The fraction of sp³-hybridized carbons (Fsp3) is 1.00. The number of hydrogen-bond donors (Lipinski definition) is 1. The van der Waals surface area contributed by atoms with Gasteiger partial charge in [-0.3, -0.25) is 4.55 Å². The summed E-state index contributed by atoms with van der Waals surface area (Å²) in [4.78, 5) is 0. The molecule has 0 rings (SSSR count). The third-order valence-electron chi connectivity index (χ3n) is 3.66. The lowest BCUT2D eigenvalue weighted by Gasteiger charge is -2.43. The number of rotatable bonds is 10. The number of hydrogen-bond acceptors (Lipinski definition) is 3. The predicted octanol–water partition coefficient (Wildman–Crippen LogP) is 6.04. The molecule has 0 saturated heterocycles. The third kappa shape index (κ3) is 4.38. The Morgan fingerprint density at radius 2 is 0.639 bits per heavy atom. The van der Waals surface area contributed by atoms with Crippen molar-refractivity contribution < 1.29 is 110 Å². The first-order valence-electron chi connectivity index (χ1n) is 7.10. The van der Waals surface area contributed by atoms with Gasteiger partial charge in [0, 0.05) is 0 Å². The molecule has 26 heteroatoms. The van der Waals surface area contributed by atoms with Gasteiger partial charge in [-0.1, -0.05) is 0 Å². The van der Waals surface area contributed by atoms with E-state index in [2.05, 4.69) is 0 Å². The maximum atomic E-state index is 13.4. The van der Waals surface area contributed by atoms with Crippen molar-refractivity contribution in [3.05, 3.63) is 0 Å². The van der Waals surface area contributed by atoms with Crippen molar-refractivity contribution in [1.82, 2.24) is 0 Å². The number of halogens is 21. The molecule has 0 saturated carbocycles. The van der Waals surface area contributed by atoms with Gasteiger partial charge in [0.25, 0.3) is 0 Å². The van der Waals surface area contributed by atoms with Crippen LogP contribution in [-0.4, -0.2) is 72.2 Å². The minimum absolute atomic E-state index is 0.983. The van der Waals surface area contributed by atoms with Crippen molar-refractivity contribution in [2.45, 2.75) is 59.2 Å². The molecule has 0 aromatic rings. The van der Waals surface area contributed by atoms with E-state index in [9.17, 15) is 101 Å². The zero-order valence-electron chi connectivity index (χ0n) is 15.0. The summed E-state index contributed by atoms with van der Waals surface area (Å²) in [5.41, 5.74) is 0. The Labute approximate surface area is 180 Å². The van der Waals surface area contributed by atoms with Gasteiger partial charge >= 0.3 is 69.3 Å². The first-order chi connectivity index (χ1) is 15.0. The van der Waals surface area contributed by atoms with Gasteiger partial charge in [0.05, 0.1) is 0 Å². The highest BCUT2D eigenvalue weighted by atomic mass is 32.2. The molecule has 1 N–H and O–H groups in total. The van der Waals surface area contributed by atoms with E-state index in [0.29, 0.717) is 0 Å². The predicted molar refractivity (Wildman–Crippen MR) is 63.2 cm³/mol. The Morgan fingerprint density at radius 3 is 0.861 bits per heavy atom. The molecule has 0 atom stereocenters. The van der Waals surface area contributed by atoms with Gasteiger partial charge in [-0.05, 0) is 0 Å². The summed E-state index contributed by atoms with van der Waals surface area (Å²) < 4.78 is 300. The summed E-state index contributed by atoms with van der Waals surface area (Å²) in [6, 6.07) is 0. The van der Waals surface area contributed by atoms with E-state index in [-0.39, 0.29) is 0 Å². The second-order valence-electron chi connectivity index (χ2n) is 6.08. The molecule has 0 aromatic heterocycles. The lowest BCUT2D eigenvalue weighted by atomic mass is 9.89. The zero-order valence-corrected chi connectivity index (χ0v) is 15.8. The van der Waals surface area contributed by atoms with Crippen LogP contribution in [0.25, 0.3) is 0 Å². The molecule has 0 radical (unpaired) electrons. The van der Waals surface area contributed by atoms with Crippen LogP contribution in [-0.2, 0) is 14.9 Å². The second kappa shape index (κ2) is 8.20. The van der Waals surface area contributed by atoms with Gasteiger partial charge in [0.2, 0.25) is 0 Å². The average Bonchev–Trinajstić information content (AvgIpc) is 2.57. The Bertz CT molecular complexity index is 931. The largest absolute Gasteiger partial charge is 0.527 e. The lowest BCUT2D eigenvalue weighted by Crippen LogP contribution is -2.76. The highest BCUT2D eigenvalue weighted by Crippen LogP contribution is 2.65. The fourth-order valence-electron chi connectivity index (χ4n) is 1.72. The second-order valence-corrected chi connectivity index (χ2v) is 7.54. The lowest BCUT2D eigenvalue weighted by molar-refractivity contribution is -0.510. The maximum absolute atomic E-state index is 13.4. The van der Waals surface area contributed by atoms with Crippen LogP contribution >= 0.6 is 0 Å². The molecule has 0 spiro atoms. The van der Waals surface area contributed by atoms with Crippen LogP contribution in [0.2, 0.25) is 0 Å². The van der Waals surface area contributed by atoms with Crippen molar-refractivity contribution in [2.75, 3.05) is 0 Å². The highest BCUT2D eigenvalue weighted by molar-refractivity contribution is 7.87. The standard InChI is InChI=1S/C10HF21O4S/c11-1(12,3(15,16)5(19,20)7(23,24)9(27,28)36(32,33)34)2(13,14)4(17,18)6(21,22)8(25,26)35-10(29,30)31/h(H,32,33,34). The molecule has 0 aromatic carbocycles. The first-order valence-corrected chi connectivity index (χ1v) is 8.54. The number of ether oxygens (including phenoxy) is 1. The summed E-state index contributed by atoms with van der Waals surface area (Å²) in [5.74, 6) is -63.6. The first kappa shape index (κ1) is 34.4. The van der Waals surface area contributed by atoms with E-state index in [1.165, 1.54) is 0 Å². The molecule has 36 heavy (non-hydrogen) atoms. The Hall–Kier alpha value is -1.60. The van der Waals surface area contributed by atoms with E-state index in [4.69, 9.17) is 4.55 Å². The maximum Gasteiger partial charge on any atom is 0.527 e. The molecule has 0 unspecified atom stereocenters. The molecule has 4 nitrogen and oxygen atoms in total. The summed E-state index contributed by atoms with van der Waals surface area (Å²) >= 11 is 0. The summed E-state index contributed by atoms with van der Waals surface area (Å²) in [5, 5.41) is -8.06. The topological polar surface area (TPSA) is 63.6 Å². The molecule has 218 valence electrons. The fourth-order valence-corrected chi connectivity index (χ4v) is 2.17. The highest BCUT2D eigenvalue weighted by Gasteiger charge is 2.97. The van der Waals surface area contributed by atoms with Crippen molar-refractivity contribution in [1.29, 1.82) is 0 Å². The van der Waals surface area contributed by atoms with Crippen LogP contribution in [0.1, 0.15) is 0 Å². The molecule has 0 aliphatic heterocycles.